The summed E-state index contributed by atoms with van der Waals surface area (Å²) in [7, 11) is 0. The van der Waals surface area contributed by atoms with Crippen molar-refractivity contribution in [2.45, 2.75) is 50.7 Å². The van der Waals surface area contributed by atoms with Crippen LogP contribution in [0.2, 0.25) is 0 Å². The molecule has 2 amide bonds. The Morgan fingerprint density at radius 1 is 1.37 bits per heavy atom. The molecule has 157 valence electrons. The van der Waals surface area contributed by atoms with Crippen molar-refractivity contribution in [2.75, 3.05) is 6.54 Å². The Hall–Kier alpha value is -1.65. The number of aromatic amines is 1. The van der Waals surface area contributed by atoms with Crippen LogP contribution < -0.4 is 21.9 Å². The smallest absolute Gasteiger partial charge is 0.642 e. The van der Waals surface area contributed by atoms with Gasteiger partial charge in [0.1, 0.15) is 0 Å². The predicted molar refractivity (Wildman–Crippen MR) is 95.2 cm³/mol. The van der Waals surface area contributed by atoms with Crippen LogP contribution in [0.1, 0.15) is 31.9 Å². The average Bonchev–Trinajstić information content (AvgIpc) is 3.06. The number of hydrogen-bond donors (Lipinski definition) is 4. The Labute approximate surface area is 174 Å². The Balaban J connectivity index is 0. The summed E-state index contributed by atoms with van der Waals surface area (Å²) in [6.45, 7) is 1.87. The fourth-order valence-electron chi connectivity index (χ4n) is 2.08. The zero-order valence-electron chi connectivity index (χ0n) is 14.8. The van der Waals surface area contributed by atoms with E-state index >= 15 is 0 Å². The van der Waals surface area contributed by atoms with E-state index in [0.29, 0.717) is 25.1 Å². The van der Waals surface area contributed by atoms with Gasteiger partial charge in [-0.1, -0.05) is 0 Å². The fourth-order valence-corrected chi connectivity index (χ4v) is 2.08. The molecule has 0 aliphatic heterocycles. The zero-order chi connectivity index (χ0) is 18.8. The molecular weight excluding hydrogens is 427 g/mol. The van der Waals surface area contributed by atoms with Crippen LogP contribution in [0.5, 0.6) is 0 Å². The van der Waals surface area contributed by atoms with E-state index in [1.165, 1.54) is 13.3 Å². The molecule has 0 saturated heterocycles. The largest absolute Gasteiger partial charge is 2.00 e. The van der Waals surface area contributed by atoms with Crippen molar-refractivity contribution < 1.29 is 36.6 Å². The number of carbonyl (C=O) groups is 3. The van der Waals surface area contributed by atoms with Gasteiger partial charge < -0.3 is 41.8 Å². The van der Waals surface area contributed by atoms with E-state index in [0.717, 1.165) is 0 Å². The zero-order valence-corrected chi connectivity index (χ0v) is 16.6. The molecule has 0 unspecified atom stereocenters. The van der Waals surface area contributed by atoms with Crippen LogP contribution in [-0.2, 0) is 37.9 Å². The first-order valence-electron chi connectivity index (χ1n) is 8.04. The first-order chi connectivity index (χ1) is 11.8. The second-order valence-electron chi connectivity index (χ2n) is 5.70. The molecule has 6 N–H and O–H groups in total. The molecule has 1 radical (unpaired) electrons. The monoisotopic (exact) mass is 451 g/mol. The summed E-state index contributed by atoms with van der Waals surface area (Å²) in [5, 5.41) is 17.4. The van der Waals surface area contributed by atoms with Crippen LogP contribution in [0.15, 0.2) is 12.5 Å². The molecule has 0 bridgehead atoms. The van der Waals surface area contributed by atoms with E-state index in [2.05, 4.69) is 20.6 Å². The van der Waals surface area contributed by atoms with E-state index in [1.807, 2.05) is 0 Å². The van der Waals surface area contributed by atoms with Gasteiger partial charge >= 0.3 is 17.1 Å². The molecule has 0 spiro atoms. The third-order valence-corrected chi connectivity index (χ3v) is 3.48. The summed E-state index contributed by atoms with van der Waals surface area (Å²) in [6.07, 6.45) is 4.36. The second kappa shape index (κ2) is 14.4. The number of hydrogen-bond acceptors (Lipinski definition) is 7. The standard InChI is InChI=1S/C15H26N6O4.ClH.Cu/c1-9(17)13(22)21-12(6-10-7-18-8-19-10)14(23)20-11(15(24)25)4-2-3-5-16;;/h7-9,11-12H,2-6,16-17H2,1H3,(H4,18,19,20,21,22,23,24,25);1H;/q;;+2/p-2/t9-,11-,12-;;/m0../s1. The van der Waals surface area contributed by atoms with Gasteiger partial charge in [-0.2, -0.15) is 0 Å². The van der Waals surface area contributed by atoms with Gasteiger partial charge in [0, 0.05) is 12.2 Å². The molecule has 27 heavy (non-hydrogen) atoms. The minimum Gasteiger partial charge on any atom is -0.642 e. The van der Waals surface area contributed by atoms with E-state index in [4.69, 9.17) is 11.5 Å². The Bertz CT molecular complexity index is 573. The Kier molecular flexibility index (Phi) is 14.7. The van der Waals surface area contributed by atoms with E-state index in [1.54, 1.807) is 6.20 Å². The molecule has 1 rings (SSSR count). The first-order valence-corrected chi connectivity index (χ1v) is 8.04. The van der Waals surface area contributed by atoms with Gasteiger partial charge in [-0.05, 0) is 45.2 Å². The molecule has 0 fully saturated rings. The van der Waals surface area contributed by atoms with Crippen molar-refractivity contribution >= 4 is 30.2 Å². The summed E-state index contributed by atoms with van der Waals surface area (Å²) < 4.78 is 0. The number of unbranched alkanes of at least 4 members (excludes halogenated alkanes) is 1. The van der Waals surface area contributed by atoms with Gasteiger partial charge in [0.05, 0.1) is 29.9 Å². The van der Waals surface area contributed by atoms with Crippen LogP contribution in [0.3, 0.4) is 0 Å². The molecule has 0 aliphatic rings. The number of aromatic nitrogens is 2. The van der Waals surface area contributed by atoms with Crippen LogP contribution in [-0.4, -0.2) is 52.4 Å². The summed E-state index contributed by atoms with van der Waals surface area (Å²) in [5.41, 5.74) is 11.4. The molecule has 3 atom stereocenters. The third-order valence-electron chi connectivity index (χ3n) is 3.48. The summed E-state index contributed by atoms with van der Waals surface area (Å²) in [6, 6.07) is -3.17. The minimum absolute atomic E-state index is 0. The van der Waals surface area contributed by atoms with Crippen LogP contribution in [0.4, 0.5) is 0 Å². The number of aliphatic carboxylic acids is 1. The van der Waals surface area contributed by atoms with Gasteiger partial charge in [0.2, 0.25) is 5.91 Å². The number of H-pyrrole nitrogens is 1. The van der Waals surface area contributed by atoms with Gasteiger partial charge in [0.15, 0.2) is 0 Å². The molecule has 0 aromatic carbocycles. The number of carbonyl (C=O) groups excluding carboxylic acids is 3. The normalized spacial score (nSPS) is 13.3. The SMILES string of the molecule is C[C@H](N)C(=O)[N-][C@@H](Cc1c[nH]cn1)C(=O)N[C@@H](CCCCN)C(=O)[O-].Cl.[Cu+2]. The minimum atomic E-state index is -1.40. The molecule has 0 saturated carbocycles. The van der Waals surface area contributed by atoms with Gasteiger partial charge in [0.25, 0.3) is 0 Å². The van der Waals surface area contributed by atoms with Crippen molar-refractivity contribution in [3.63, 3.8) is 0 Å². The van der Waals surface area contributed by atoms with Crippen molar-refractivity contribution in [1.82, 2.24) is 15.3 Å². The number of rotatable bonds is 11. The average molecular weight is 452 g/mol. The molecule has 1 heterocycles. The number of carboxylic acid groups (broad SMARTS) is 1. The molecular formula is C15H25ClCuN6O4. The number of amides is 2. The fraction of sp³-hybridized carbons (Fsp3) is 0.600. The van der Waals surface area contributed by atoms with Crippen molar-refractivity contribution in [2.24, 2.45) is 11.5 Å². The van der Waals surface area contributed by atoms with Crippen LogP contribution in [0.25, 0.3) is 5.32 Å². The first kappa shape index (κ1) is 27.6. The van der Waals surface area contributed by atoms with Gasteiger partial charge in [-0.3, -0.25) is 4.79 Å². The number of nitrogens with two attached hydrogens (primary N) is 2. The molecule has 10 nitrogen and oxygen atoms in total. The number of carboxylic acids is 1. The maximum atomic E-state index is 12.4. The third kappa shape index (κ3) is 10.3. The maximum Gasteiger partial charge on any atom is 2.00 e. The summed E-state index contributed by atoms with van der Waals surface area (Å²) in [5.74, 6) is -2.75. The van der Waals surface area contributed by atoms with Gasteiger partial charge in [-0.15, -0.1) is 12.4 Å². The topological polar surface area (TPSA) is 181 Å². The molecule has 0 aliphatic carbocycles. The summed E-state index contributed by atoms with van der Waals surface area (Å²) in [4.78, 5) is 42.1. The van der Waals surface area contributed by atoms with E-state index in [-0.39, 0.29) is 42.3 Å². The molecule has 1 aromatic heterocycles. The van der Waals surface area contributed by atoms with Crippen LogP contribution in [0, 0.1) is 0 Å². The van der Waals surface area contributed by atoms with E-state index < -0.39 is 35.9 Å². The molecule has 1 aromatic rings. The number of nitrogens with one attached hydrogen (secondary N) is 2. The Morgan fingerprint density at radius 2 is 2.04 bits per heavy atom. The maximum absolute atomic E-state index is 12.4. The van der Waals surface area contributed by atoms with Crippen molar-refractivity contribution in [3.05, 3.63) is 23.5 Å². The second-order valence-corrected chi connectivity index (χ2v) is 5.70. The number of halogens is 1. The quantitative estimate of drug-likeness (QED) is 0.229. The molecule has 12 heteroatoms. The van der Waals surface area contributed by atoms with Gasteiger partial charge in [-0.25, -0.2) is 4.98 Å². The van der Waals surface area contributed by atoms with Crippen molar-refractivity contribution in [1.29, 1.82) is 0 Å². The predicted octanol–water partition coefficient (Wildman–Crippen LogP) is -1.65. The number of nitrogens with zero attached hydrogens (tertiary/aromatic N) is 2. The Morgan fingerprint density at radius 3 is 2.52 bits per heavy atom. The summed E-state index contributed by atoms with van der Waals surface area (Å²) >= 11 is 0. The van der Waals surface area contributed by atoms with Crippen LogP contribution >= 0.6 is 12.4 Å². The van der Waals surface area contributed by atoms with E-state index in [9.17, 15) is 19.5 Å². The number of imidazole rings is 1. The van der Waals surface area contributed by atoms with Crippen molar-refractivity contribution in [3.8, 4) is 0 Å².